The fraction of sp³-hybridized carbons (Fsp3) is 0.318. The van der Waals surface area contributed by atoms with Crippen molar-refractivity contribution in [3.05, 3.63) is 64.1 Å². The predicted molar refractivity (Wildman–Crippen MR) is 125 cm³/mol. The number of hydrogen-bond acceptors (Lipinski definition) is 4. The Labute approximate surface area is 190 Å². The molecule has 160 valence electrons. The third kappa shape index (κ3) is 8.51. The molecule has 0 saturated carbocycles. The summed E-state index contributed by atoms with van der Waals surface area (Å²) in [4.78, 5) is 24.6. The van der Waals surface area contributed by atoms with Gasteiger partial charge in [-0.1, -0.05) is 60.1 Å². The number of carbonyl (C=O) groups excluding carboxylic acids is 2. The Morgan fingerprint density at radius 2 is 1.83 bits per heavy atom. The highest BCUT2D eigenvalue weighted by molar-refractivity contribution is 9.10. The van der Waals surface area contributed by atoms with Crippen molar-refractivity contribution in [3.63, 3.8) is 0 Å². The average molecular weight is 492 g/mol. The summed E-state index contributed by atoms with van der Waals surface area (Å²) in [5.41, 5.74) is 6.48. The van der Waals surface area contributed by atoms with Crippen molar-refractivity contribution in [2.24, 2.45) is 5.92 Å². The Bertz CT molecular complexity index is 875. The molecule has 2 amide bonds. The molecule has 6 nitrogen and oxygen atoms in total. The summed E-state index contributed by atoms with van der Waals surface area (Å²) in [7, 11) is 0. The van der Waals surface area contributed by atoms with Crippen LogP contribution >= 0.6 is 28.1 Å². The van der Waals surface area contributed by atoms with Crippen molar-refractivity contribution in [1.82, 2.24) is 16.2 Å². The lowest BCUT2D eigenvalue weighted by atomic mass is 10.1. The summed E-state index contributed by atoms with van der Waals surface area (Å²) in [5.74, 6) is 0.327. The number of nitrogens with one attached hydrogen (secondary N) is 3. The lowest BCUT2D eigenvalue weighted by Gasteiger charge is -2.14. The van der Waals surface area contributed by atoms with E-state index in [0.29, 0.717) is 36.7 Å². The molecule has 8 heteroatoms. The van der Waals surface area contributed by atoms with Crippen molar-refractivity contribution in [2.45, 2.75) is 33.1 Å². The Morgan fingerprint density at radius 1 is 1.10 bits per heavy atom. The molecule has 0 unspecified atom stereocenters. The van der Waals surface area contributed by atoms with Gasteiger partial charge in [0.25, 0.3) is 5.91 Å². The molecule has 0 saturated heterocycles. The van der Waals surface area contributed by atoms with Gasteiger partial charge in [0.15, 0.2) is 5.11 Å². The number of benzene rings is 2. The van der Waals surface area contributed by atoms with Crippen LogP contribution in [0.25, 0.3) is 0 Å². The first kappa shape index (κ1) is 23.8. The summed E-state index contributed by atoms with van der Waals surface area (Å²) in [5, 5.41) is 2.56. The van der Waals surface area contributed by atoms with E-state index in [2.05, 4.69) is 45.9 Å². The first-order valence-corrected chi connectivity index (χ1v) is 10.9. The topological polar surface area (TPSA) is 79.5 Å². The van der Waals surface area contributed by atoms with Crippen molar-refractivity contribution < 1.29 is 14.3 Å². The van der Waals surface area contributed by atoms with Crippen LogP contribution in [0.5, 0.6) is 5.75 Å². The maximum absolute atomic E-state index is 12.6. The highest BCUT2D eigenvalue weighted by Crippen LogP contribution is 2.23. The molecule has 30 heavy (non-hydrogen) atoms. The summed E-state index contributed by atoms with van der Waals surface area (Å²) < 4.78 is 6.51. The van der Waals surface area contributed by atoms with Gasteiger partial charge in [-0.15, -0.1) is 0 Å². The van der Waals surface area contributed by atoms with Gasteiger partial charge in [-0.2, -0.15) is 0 Å². The van der Waals surface area contributed by atoms with Crippen LogP contribution in [-0.2, 0) is 11.2 Å². The zero-order valence-electron chi connectivity index (χ0n) is 17.0. The van der Waals surface area contributed by atoms with E-state index >= 15 is 0 Å². The Morgan fingerprint density at radius 3 is 2.53 bits per heavy atom. The SMILES string of the molecule is CC(C)CCOc1ccc(Br)cc1C(=O)NC(=S)NNC(=O)CCc1ccccc1. The third-order valence-corrected chi connectivity index (χ3v) is 4.86. The second kappa shape index (κ2) is 12.3. The molecule has 0 aliphatic heterocycles. The first-order valence-electron chi connectivity index (χ1n) is 9.71. The van der Waals surface area contributed by atoms with E-state index in [-0.39, 0.29) is 11.0 Å². The standard InChI is InChI=1S/C22H26BrN3O3S/c1-15(2)12-13-29-19-10-9-17(23)14-18(19)21(28)24-22(30)26-25-20(27)11-8-16-6-4-3-5-7-16/h3-7,9-10,14-15H,8,11-13H2,1-2H3,(H,25,27)(H2,24,26,28,30). The van der Waals surface area contributed by atoms with Crippen molar-refractivity contribution in [1.29, 1.82) is 0 Å². The van der Waals surface area contributed by atoms with Crippen LogP contribution in [0.2, 0.25) is 0 Å². The van der Waals surface area contributed by atoms with Gasteiger partial charge >= 0.3 is 0 Å². The molecule has 0 aliphatic rings. The quantitative estimate of drug-likeness (QED) is 0.381. The maximum Gasteiger partial charge on any atom is 0.261 e. The van der Waals surface area contributed by atoms with Gasteiger partial charge < -0.3 is 4.74 Å². The maximum atomic E-state index is 12.6. The van der Waals surface area contributed by atoms with E-state index in [1.807, 2.05) is 36.4 Å². The minimum Gasteiger partial charge on any atom is -0.493 e. The normalized spacial score (nSPS) is 10.4. The molecule has 0 bridgehead atoms. The third-order valence-electron chi connectivity index (χ3n) is 4.17. The van der Waals surface area contributed by atoms with E-state index < -0.39 is 5.91 Å². The van der Waals surface area contributed by atoms with Gasteiger partial charge in [0.05, 0.1) is 12.2 Å². The molecule has 0 heterocycles. The van der Waals surface area contributed by atoms with Crippen molar-refractivity contribution in [2.75, 3.05) is 6.61 Å². The number of amides is 2. The van der Waals surface area contributed by atoms with Gasteiger partial charge in [-0.3, -0.25) is 25.8 Å². The number of aryl methyl sites for hydroxylation is 1. The Hall–Kier alpha value is -2.45. The van der Waals surface area contributed by atoms with Crippen molar-refractivity contribution >= 4 is 45.1 Å². The summed E-state index contributed by atoms with van der Waals surface area (Å²) in [6, 6.07) is 14.9. The van der Waals surface area contributed by atoms with Crippen LogP contribution in [-0.4, -0.2) is 23.5 Å². The van der Waals surface area contributed by atoms with Crippen LogP contribution < -0.4 is 20.9 Å². The van der Waals surface area contributed by atoms with E-state index in [1.165, 1.54) is 0 Å². The molecule has 2 aromatic carbocycles. The molecular formula is C22H26BrN3O3S. The fourth-order valence-electron chi connectivity index (χ4n) is 2.50. The van der Waals surface area contributed by atoms with Gasteiger partial charge in [-0.05, 0) is 54.7 Å². The molecule has 3 N–H and O–H groups in total. The Kier molecular flexibility index (Phi) is 9.76. The van der Waals surface area contributed by atoms with Gasteiger partial charge in [0.2, 0.25) is 5.91 Å². The molecule has 0 radical (unpaired) electrons. The summed E-state index contributed by atoms with van der Waals surface area (Å²) >= 11 is 8.48. The lowest BCUT2D eigenvalue weighted by molar-refractivity contribution is -0.121. The van der Waals surface area contributed by atoms with Crippen LogP contribution in [0.1, 0.15) is 42.6 Å². The number of thiocarbonyl (C=S) groups is 1. The zero-order chi connectivity index (χ0) is 21.9. The largest absolute Gasteiger partial charge is 0.493 e. The minimum absolute atomic E-state index is 0.00108. The van der Waals surface area contributed by atoms with Crippen LogP contribution in [0, 0.1) is 5.92 Å². The lowest BCUT2D eigenvalue weighted by Crippen LogP contribution is -2.48. The number of halogens is 1. The molecule has 0 fully saturated rings. The first-order chi connectivity index (χ1) is 14.3. The second-order valence-electron chi connectivity index (χ2n) is 7.11. The van der Waals surface area contributed by atoms with E-state index in [0.717, 1.165) is 16.5 Å². The Balaban J connectivity index is 1.83. The molecule has 0 aromatic heterocycles. The molecule has 2 aromatic rings. The van der Waals surface area contributed by atoms with Gasteiger partial charge in [0.1, 0.15) is 5.75 Å². The summed E-state index contributed by atoms with van der Waals surface area (Å²) in [6.07, 6.45) is 1.79. The number of hydrogen-bond donors (Lipinski definition) is 3. The highest BCUT2D eigenvalue weighted by Gasteiger charge is 2.15. The fourth-order valence-corrected chi connectivity index (χ4v) is 3.01. The van der Waals surface area contributed by atoms with Crippen molar-refractivity contribution in [3.8, 4) is 5.75 Å². The number of hydrazine groups is 1. The van der Waals surface area contributed by atoms with Crippen LogP contribution in [0.15, 0.2) is 53.0 Å². The number of ether oxygens (including phenoxy) is 1. The smallest absolute Gasteiger partial charge is 0.261 e. The van der Waals surface area contributed by atoms with Gasteiger partial charge in [0, 0.05) is 10.9 Å². The summed E-state index contributed by atoms with van der Waals surface area (Å²) in [6.45, 7) is 4.73. The van der Waals surface area contributed by atoms with E-state index in [9.17, 15) is 9.59 Å². The molecule has 2 rings (SSSR count). The average Bonchev–Trinajstić information content (AvgIpc) is 2.72. The van der Waals surface area contributed by atoms with Crippen LogP contribution in [0.4, 0.5) is 0 Å². The minimum atomic E-state index is -0.424. The highest BCUT2D eigenvalue weighted by atomic mass is 79.9. The monoisotopic (exact) mass is 491 g/mol. The van der Waals surface area contributed by atoms with E-state index in [4.69, 9.17) is 17.0 Å². The zero-order valence-corrected chi connectivity index (χ0v) is 19.4. The molecular weight excluding hydrogens is 466 g/mol. The molecule has 0 atom stereocenters. The molecule has 0 spiro atoms. The van der Waals surface area contributed by atoms with Gasteiger partial charge in [-0.25, -0.2) is 0 Å². The molecule has 0 aliphatic carbocycles. The number of carbonyl (C=O) groups is 2. The predicted octanol–water partition coefficient (Wildman–Crippen LogP) is 4.14. The number of rotatable bonds is 8. The van der Waals surface area contributed by atoms with E-state index in [1.54, 1.807) is 12.1 Å². The van der Waals surface area contributed by atoms with Crippen LogP contribution in [0.3, 0.4) is 0 Å². The second-order valence-corrected chi connectivity index (χ2v) is 8.44.